The van der Waals surface area contributed by atoms with Crippen molar-refractivity contribution in [2.24, 2.45) is 0 Å². The maximum Gasteiger partial charge on any atom is 0.119 e. The van der Waals surface area contributed by atoms with Crippen LogP contribution in [0.2, 0.25) is 0 Å². The number of fused-ring (bicyclic) bond motifs is 4. The molecule has 0 atom stereocenters. The number of ether oxygens (including phenoxy) is 2. The van der Waals surface area contributed by atoms with E-state index >= 15 is 0 Å². The number of thiophene rings is 1. The van der Waals surface area contributed by atoms with Gasteiger partial charge in [0.1, 0.15) is 11.5 Å². The van der Waals surface area contributed by atoms with Gasteiger partial charge in [0.15, 0.2) is 0 Å². The number of methoxy groups -OCH3 is 2. The second-order valence-corrected chi connectivity index (χ2v) is 7.62. The minimum absolute atomic E-state index is 0.868. The topological polar surface area (TPSA) is 18.5 Å². The first-order chi connectivity index (χ1) is 13.3. The second-order valence-electron chi connectivity index (χ2n) is 6.54. The summed E-state index contributed by atoms with van der Waals surface area (Å²) in [4.78, 5) is 0. The third kappa shape index (κ3) is 2.54. The Bertz CT molecular complexity index is 1280. The first-order valence-electron chi connectivity index (χ1n) is 8.85. The summed E-state index contributed by atoms with van der Waals surface area (Å²) in [7, 11) is 3.41. The Morgan fingerprint density at radius 3 is 2.19 bits per heavy atom. The van der Waals surface area contributed by atoms with E-state index in [9.17, 15) is 0 Å². The summed E-state index contributed by atoms with van der Waals surface area (Å²) < 4.78 is 13.4. The zero-order valence-electron chi connectivity index (χ0n) is 15.2. The van der Waals surface area contributed by atoms with E-state index in [4.69, 9.17) is 9.47 Å². The predicted octanol–water partition coefficient (Wildman–Crippen LogP) is 6.89. The third-order valence-corrected chi connectivity index (χ3v) is 6.18. The molecule has 0 unspecified atom stereocenters. The van der Waals surface area contributed by atoms with Crippen molar-refractivity contribution in [3.8, 4) is 22.6 Å². The van der Waals surface area contributed by atoms with Crippen molar-refractivity contribution >= 4 is 42.3 Å². The van der Waals surface area contributed by atoms with E-state index in [-0.39, 0.29) is 0 Å². The monoisotopic (exact) mass is 370 g/mol. The molecule has 0 spiro atoms. The van der Waals surface area contributed by atoms with Gasteiger partial charge >= 0.3 is 0 Å². The average Bonchev–Trinajstić information content (AvgIpc) is 3.09. The average molecular weight is 370 g/mol. The molecular weight excluding hydrogens is 352 g/mol. The molecule has 27 heavy (non-hydrogen) atoms. The Morgan fingerprint density at radius 1 is 0.667 bits per heavy atom. The molecule has 0 aliphatic rings. The lowest BCUT2D eigenvalue weighted by molar-refractivity contribution is 0.415. The van der Waals surface area contributed by atoms with Gasteiger partial charge in [-0.3, -0.25) is 0 Å². The molecule has 0 aliphatic carbocycles. The van der Waals surface area contributed by atoms with Crippen LogP contribution >= 0.6 is 11.3 Å². The quantitative estimate of drug-likeness (QED) is 0.344. The van der Waals surface area contributed by atoms with Crippen molar-refractivity contribution in [2.75, 3.05) is 14.2 Å². The van der Waals surface area contributed by atoms with Crippen LogP contribution in [0, 0.1) is 0 Å². The maximum atomic E-state index is 5.46. The molecule has 0 saturated heterocycles. The van der Waals surface area contributed by atoms with Crippen molar-refractivity contribution in [3.63, 3.8) is 0 Å². The zero-order valence-corrected chi connectivity index (χ0v) is 16.0. The van der Waals surface area contributed by atoms with Crippen LogP contribution in [0.5, 0.6) is 11.5 Å². The molecule has 0 N–H and O–H groups in total. The Labute approximate surface area is 161 Å². The van der Waals surface area contributed by atoms with Crippen LogP contribution in [0.1, 0.15) is 0 Å². The highest BCUT2D eigenvalue weighted by Gasteiger charge is 2.15. The Hall–Kier alpha value is -3.04. The van der Waals surface area contributed by atoms with Gasteiger partial charge in [-0.2, -0.15) is 0 Å². The lowest BCUT2D eigenvalue weighted by Gasteiger charge is -2.12. The van der Waals surface area contributed by atoms with Crippen molar-refractivity contribution in [1.82, 2.24) is 0 Å². The van der Waals surface area contributed by atoms with Crippen LogP contribution in [0.4, 0.5) is 0 Å². The summed E-state index contributed by atoms with van der Waals surface area (Å²) >= 11 is 1.84. The van der Waals surface area contributed by atoms with E-state index in [0.717, 1.165) is 11.5 Å². The molecule has 5 aromatic rings. The Morgan fingerprint density at radius 2 is 1.41 bits per heavy atom. The smallest absolute Gasteiger partial charge is 0.119 e. The number of hydrogen-bond donors (Lipinski definition) is 0. The van der Waals surface area contributed by atoms with Gasteiger partial charge in [0, 0.05) is 20.2 Å². The van der Waals surface area contributed by atoms with Gasteiger partial charge in [0.05, 0.1) is 14.2 Å². The summed E-state index contributed by atoms with van der Waals surface area (Å²) in [5.74, 6) is 1.75. The van der Waals surface area contributed by atoms with E-state index in [1.54, 1.807) is 14.2 Å². The maximum absolute atomic E-state index is 5.46. The van der Waals surface area contributed by atoms with E-state index in [1.807, 2.05) is 29.5 Å². The normalized spacial score (nSPS) is 11.3. The molecule has 5 rings (SSSR count). The van der Waals surface area contributed by atoms with Crippen LogP contribution < -0.4 is 9.47 Å². The Balaban J connectivity index is 1.95. The third-order valence-electron chi connectivity index (χ3n) is 5.07. The first kappa shape index (κ1) is 16.2. The van der Waals surface area contributed by atoms with Gasteiger partial charge in [-0.15, -0.1) is 11.3 Å². The molecule has 3 heteroatoms. The SMILES string of the molecule is COc1ccc(-c2c3ccc(OC)cc3cc3sc4ccccc4c23)cc1. The highest BCUT2D eigenvalue weighted by atomic mass is 32.1. The van der Waals surface area contributed by atoms with Crippen molar-refractivity contribution in [1.29, 1.82) is 0 Å². The molecule has 0 aliphatic heterocycles. The van der Waals surface area contributed by atoms with E-state index in [0.29, 0.717) is 0 Å². The van der Waals surface area contributed by atoms with E-state index in [2.05, 4.69) is 54.6 Å². The van der Waals surface area contributed by atoms with Gasteiger partial charge < -0.3 is 9.47 Å². The van der Waals surface area contributed by atoms with Crippen LogP contribution in [0.3, 0.4) is 0 Å². The van der Waals surface area contributed by atoms with Gasteiger partial charge in [-0.1, -0.05) is 36.4 Å². The molecule has 1 heterocycles. The standard InChI is InChI=1S/C24H18O2S/c1-25-17-9-7-15(8-10-17)23-19-12-11-18(26-2)13-16(19)14-22-24(23)20-5-3-4-6-21(20)27-22/h3-14H,1-2H3. The molecule has 0 amide bonds. The molecule has 0 radical (unpaired) electrons. The second kappa shape index (κ2) is 6.29. The number of rotatable bonds is 3. The van der Waals surface area contributed by atoms with Crippen LogP contribution in [-0.4, -0.2) is 14.2 Å². The van der Waals surface area contributed by atoms with Gasteiger partial charge in [0.2, 0.25) is 0 Å². The van der Waals surface area contributed by atoms with Crippen molar-refractivity contribution in [3.05, 3.63) is 72.8 Å². The summed E-state index contributed by atoms with van der Waals surface area (Å²) in [5, 5.41) is 5.05. The van der Waals surface area contributed by atoms with Crippen molar-refractivity contribution < 1.29 is 9.47 Å². The van der Waals surface area contributed by atoms with Gasteiger partial charge in [-0.05, 0) is 58.3 Å². The lowest BCUT2D eigenvalue weighted by atomic mass is 9.93. The summed E-state index contributed by atoms with van der Waals surface area (Å²) in [5.41, 5.74) is 2.46. The van der Waals surface area contributed by atoms with Gasteiger partial charge in [-0.25, -0.2) is 0 Å². The number of benzene rings is 4. The zero-order chi connectivity index (χ0) is 18.4. The molecule has 1 aromatic heterocycles. The molecule has 0 bridgehead atoms. The summed E-state index contributed by atoms with van der Waals surface area (Å²) in [6.45, 7) is 0. The van der Waals surface area contributed by atoms with Crippen LogP contribution in [-0.2, 0) is 0 Å². The minimum Gasteiger partial charge on any atom is -0.497 e. The molecule has 4 aromatic carbocycles. The largest absolute Gasteiger partial charge is 0.497 e. The highest BCUT2D eigenvalue weighted by molar-refractivity contribution is 7.26. The predicted molar refractivity (Wildman–Crippen MR) is 115 cm³/mol. The first-order valence-corrected chi connectivity index (χ1v) is 9.66. The van der Waals surface area contributed by atoms with Gasteiger partial charge in [0.25, 0.3) is 0 Å². The molecular formula is C24H18O2S. The van der Waals surface area contributed by atoms with Crippen molar-refractivity contribution in [2.45, 2.75) is 0 Å². The Kier molecular flexibility index (Phi) is 3.76. The fourth-order valence-electron chi connectivity index (χ4n) is 3.77. The summed E-state index contributed by atoms with van der Waals surface area (Å²) in [6.07, 6.45) is 0. The molecule has 2 nitrogen and oxygen atoms in total. The minimum atomic E-state index is 0.868. The van der Waals surface area contributed by atoms with E-state index < -0.39 is 0 Å². The van der Waals surface area contributed by atoms with Crippen LogP contribution in [0.25, 0.3) is 42.1 Å². The molecule has 0 fully saturated rings. The fraction of sp³-hybridized carbons (Fsp3) is 0.0833. The highest BCUT2D eigenvalue weighted by Crippen LogP contribution is 2.44. The lowest BCUT2D eigenvalue weighted by Crippen LogP contribution is -1.87. The molecule has 132 valence electrons. The molecule has 0 saturated carbocycles. The fourth-order valence-corrected chi connectivity index (χ4v) is 4.94. The summed E-state index contributed by atoms with van der Waals surface area (Å²) in [6, 6.07) is 25.6. The van der Waals surface area contributed by atoms with Crippen LogP contribution in [0.15, 0.2) is 72.8 Å². The van der Waals surface area contributed by atoms with E-state index in [1.165, 1.54) is 42.1 Å². The number of hydrogen-bond acceptors (Lipinski definition) is 3.